The zero-order valence-corrected chi connectivity index (χ0v) is 13.4. The van der Waals surface area contributed by atoms with Gasteiger partial charge < -0.3 is 10.0 Å². The maximum atomic E-state index is 12.2. The van der Waals surface area contributed by atoms with E-state index in [-0.39, 0.29) is 17.2 Å². The van der Waals surface area contributed by atoms with E-state index in [0.717, 1.165) is 19.4 Å². The highest BCUT2D eigenvalue weighted by atomic mass is 32.1. The number of nitrogens with zero attached hydrogens (tertiary/aromatic N) is 1. The number of aliphatic hydroxyl groups excluding tert-OH is 1. The number of likely N-dealkylation sites (tertiary alicyclic amines) is 1. The van der Waals surface area contributed by atoms with Gasteiger partial charge in [-0.15, -0.1) is 0 Å². The molecule has 1 aromatic rings. The summed E-state index contributed by atoms with van der Waals surface area (Å²) in [6.45, 7) is 7.75. The molecule has 0 spiro atoms. The zero-order chi connectivity index (χ0) is 14.8. The Morgan fingerprint density at radius 3 is 2.80 bits per heavy atom. The van der Waals surface area contributed by atoms with Gasteiger partial charge in [-0.1, -0.05) is 20.8 Å². The molecular formula is C16H25NO2S. The minimum atomic E-state index is -0.395. The molecular weight excluding hydrogens is 270 g/mol. The molecule has 1 N–H and O–H groups in total. The number of hydrogen-bond donors (Lipinski definition) is 1. The van der Waals surface area contributed by atoms with Crippen LogP contribution in [0.4, 0.5) is 0 Å². The monoisotopic (exact) mass is 295 g/mol. The van der Waals surface area contributed by atoms with Crippen LogP contribution < -0.4 is 0 Å². The second kappa shape index (κ2) is 6.27. The molecule has 1 amide bonds. The lowest BCUT2D eigenvalue weighted by atomic mass is 9.73. The van der Waals surface area contributed by atoms with Crippen LogP contribution in [0.15, 0.2) is 16.8 Å². The van der Waals surface area contributed by atoms with Gasteiger partial charge in [0.05, 0.1) is 6.10 Å². The molecule has 0 radical (unpaired) electrons. The van der Waals surface area contributed by atoms with E-state index >= 15 is 0 Å². The van der Waals surface area contributed by atoms with Crippen molar-refractivity contribution in [3.05, 3.63) is 22.4 Å². The summed E-state index contributed by atoms with van der Waals surface area (Å²) in [4.78, 5) is 14.0. The molecule has 4 heteroatoms. The largest absolute Gasteiger partial charge is 0.391 e. The molecule has 2 atom stereocenters. The average Bonchev–Trinajstić information content (AvgIpc) is 2.87. The molecule has 20 heavy (non-hydrogen) atoms. The summed E-state index contributed by atoms with van der Waals surface area (Å²) in [6, 6.07) is 2.07. The van der Waals surface area contributed by atoms with Gasteiger partial charge in [0.25, 0.3) is 0 Å². The molecule has 1 fully saturated rings. The number of piperidine rings is 1. The summed E-state index contributed by atoms with van der Waals surface area (Å²) in [5, 5.41) is 14.4. The maximum absolute atomic E-state index is 12.2. The number of rotatable bonds is 3. The number of aliphatic hydroxyl groups is 1. The summed E-state index contributed by atoms with van der Waals surface area (Å²) in [5.41, 5.74) is 1.33. The Kier molecular flexibility index (Phi) is 4.86. The van der Waals surface area contributed by atoms with Gasteiger partial charge in [0.15, 0.2) is 0 Å². The fourth-order valence-corrected chi connectivity index (χ4v) is 3.72. The number of carbonyl (C=O) groups is 1. The SMILES string of the molecule is CC(C)(C)[C@H]1CCN(C(=O)CCc2ccsc2)C[C@@H]1O. The van der Waals surface area contributed by atoms with Gasteiger partial charge in [0.2, 0.25) is 5.91 Å². The topological polar surface area (TPSA) is 40.5 Å². The molecule has 0 unspecified atom stereocenters. The predicted molar refractivity (Wildman–Crippen MR) is 82.8 cm³/mol. The van der Waals surface area contributed by atoms with Gasteiger partial charge in [-0.25, -0.2) is 0 Å². The Morgan fingerprint density at radius 2 is 2.25 bits per heavy atom. The smallest absolute Gasteiger partial charge is 0.222 e. The highest BCUT2D eigenvalue weighted by Gasteiger charge is 2.36. The van der Waals surface area contributed by atoms with E-state index in [1.165, 1.54) is 5.56 Å². The third kappa shape index (κ3) is 3.83. The summed E-state index contributed by atoms with van der Waals surface area (Å²) < 4.78 is 0. The van der Waals surface area contributed by atoms with E-state index in [1.807, 2.05) is 10.3 Å². The normalized spacial score (nSPS) is 23.9. The van der Waals surface area contributed by atoms with Crippen molar-refractivity contribution < 1.29 is 9.90 Å². The Balaban J connectivity index is 1.84. The van der Waals surface area contributed by atoms with Crippen LogP contribution in [0.2, 0.25) is 0 Å². The molecule has 112 valence electrons. The molecule has 3 nitrogen and oxygen atoms in total. The van der Waals surface area contributed by atoms with Gasteiger partial charge >= 0.3 is 0 Å². The third-order valence-corrected chi connectivity index (χ3v) is 4.99. The number of amides is 1. The van der Waals surface area contributed by atoms with Crippen LogP contribution in [0.5, 0.6) is 0 Å². The maximum Gasteiger partial charge on any atom is 0.222 e. The molecule has 2 rings (SSSR count). The minimum Gasteiger partial charge on any atom is -0.391 e. The van der Waals surface area contributed by atoms with Crippen LogP contribution in [-0.2, 0) is 11.2 Å². The van der Waals surface area contributed by atoms with Gasteiger partial charge in [0.1, 0.15) is 0 Å². The van der Waals surface area contributed by atoms with E-state index in [0.29, 0.717) is 13.0 Å². The number of hydrogen-bond acceptors (Lipinski definition) is 3. The number of aryl methyl sites for hydroxylation is 1. The van der Waals surface area contributed by atoms with Gasteiger partial charge in [-0.05, 0) is 46.6 Å². The second-order valence-electron chi connectivity index (χ2n) is 6.80. The van der Waals surface area contributed by atoms with Gasteiger partial charge in [-0.3, -0.25) is 4.79 Å². The van der Waals surface area contributed by atoms with Crippen molar-refractivity contribution in [1.29, 1.82) is 0 Å². The first-order chi connectivity index (χ1) is 9.38. The van der Waals surface area contributed by atoms with Crippen LogP contribution in [0.3, 0.4) is 0 Å². The molecule has 0 aromatic carbocycles. The summed E-state index contributed by atoms with van der Waals surface area (Å²) in [5.74, 6) is 0.450. The zero-order valence-electron chi connectivity index (χ0n) is 12.6. The highest BCUT2D eigenvalue weighted by molar-refractivity contribution is 7.07. The Morgan fingerprint density at radius 1 is 1.50 bits per heavy atom. The number of carbonyl (C=O) groups excluding carboxylic acids is 1. The van der Waals surface area contributed by atoms with Crippen molar-refractivity contribution >= 4 is 17.2 Å². The van der Waals surface area contributed by atoms with Crippen molar-refractivity contribution in [3.63, 3.8) is 0 Å². The fraction of sp³-hybridized carbons (Fsp3) is 0.688. The van der Waals surface area contributed by atoms with Crippen LogP contribution in [0.1, 0.15) is 39.2 Å². The van der Waals surface area contributed by atoms with Crippen molar-refractivity contribution in [3.8, 4) is 0 Å². The van der Waals surface area contributed by atoms with Crippen molar-refractivity contribution in [2.24, 2.45) is 11.3 Å². The molecule has 0 bridgehead atoms. The number of β-amino-alcohol motifs (C(OH)–C–C–N with tert-alkyl or cyclic N) is 1. The Bertz CT molecular complexity index is 436. The van der Waals surface area contributed by atoms with Gasteiger partial charge in [0, 0.05) is 19.5 Å². The Labute approximate surface area is 125 Å². The lowest BCUT2D eigenvalue weighted by Gasteiger charge is -2.42. The lowest BCUT2D eigenvalue weighted by molar-refractivity contribution is -0.137. The van der Waals surface area contributed by atoms with E-state index in [9.17, 15) is 9.90 Å². The second-order valence-corrected chi connectivity index (χ2v) is 7.58. The van der Waals surface area contributed by atoms with E-state index < -0.39 is 6.10 Å². The first-order valence-corrected chi connectivity index (χ1v) is 8.29. The first-order valence-electron chi connectivity index (χ1n) is 7.35. The van der Waals surface area contributed by atoms with Crippen molar-refractivity contribution in [1.82, 2.24) is 4.90 Å². The first kappa shape index (κ1) is 15.5. The minimum absolute atomic E-state index is 0.102. The Hall–Kier alpha value is -0.870. The molecule has 1 aliphatic rings. The molecule has 0 saturated carbocycles. The fourth-order valence-electron chi connectivity index (χ4n) is 3.01. The van der Waals surface area contributed by atoms with Crippen LogP contribution >= 0.6 is 11.3 Å². The van der Waals surface area contributed by atoms with Crippen LogP contribution in [-0.4, -0.2) is 35.1 Å². The van der Waals surface area contributed by atoms with Crippen LogP contribution in [0, 0.1) is 11.3 Å². The van der Waals surface area contributed by atoms with Crippen LogP contribution in [0.25, 0.3) is 0 Å². The van der Waals surface area contributed by atoms with E-state index in [2.05, 4.69) is 32.2 Å². The average molecular weight is 295 g/mol. The standard InChI is InChI=1S/C16H25NO2S/c1-16(2,3)13-6-8-17(10-14(13)18)15(19)5-4-12-7-9-20-11-12/h7,9,11,13-14,18H,4-6,8,10H2,1-3H3/t13-,14-/m0/s1. The number of thiophene rings is 1. The molecule has 2 heterocycles. The highest BCUT2D eigenvalue weighted by Crippen LogP contribution is 2.34. The van der Waals surface area contributed by atoms with Crippen molar-refractivity contribution in [2.45, 2.75) is 46.1 Å². The predicted octanol–water partition coefficient (Wildman–Crippen LogP) is 2.94. The third-order valence-electron chi connectivity index (χ3n) is 4.25. The summed E-state index contributed by atoms with van der Waals surface area (Å²) in [6.07, 6.45) is 1.85. The molecule has 1 aliphatic heterocycles. The summed E-state index contributed by atoms with van der Waals surface area (Å²) in [7, 11) is 0. The summed E-state index contributed by atoms with van der Waals surface area (Å²) >= 11 is 1.67. The quantitative estimate of drug-likeness (QED) is 0.931. The lowest BCUT2D eigenvalue weighted by Crippen LogP contribution is -2.50. The molecule has 1 saturated heterocycles. The molecule has 0 aliphatic carbocycles. The molecule has 1 aromatic heterocycles. The van der Waals surface area contributed by atoms with Gasteiger partial charge in [-0.2, -0.15) is 11.3 Å². The van der Waals surface area contributed by atoms with E-state index in [4.69, 9.17) is 0 Å². The van der Waals surface area contributed by atoms with E-state index in [1.54, 1.807) is 11.3 Å². The van der Waals surface area contributed by atoms with Crippen molar-refractivity contribution in [2.75, 3.05) is 13.1 Å².